The highest BCUT2D eigenvalue weighted by atomic mass is 16.5. The molecule has 136 valence electrons. The number of furan rings is 1. The maximum atomic E-state index is 12.9. The van der Waals surface area contributed by atoms with Crippen LogP contribution in [-0.4, -0.2) is 32.1 Å². The largest absolute Gasteiger partial charge is 0.493 e. The molecule has 0 atom stereocenters. The smallest absolute Gasteiger partial charge is 0.254 e. The van der Waals surface area contributed by atoms with Crippen molar-refractivity contribution >= 4 is 16.9 Å². The Hall–Kier alpha value is -2.95. The summed E-state index contributed by atoms with van der Waals surface area (Å²) in [6.07, 6.45) is 0.780. The number of amides is 1. The molecule has 0 saturated carbocycles. The Morgan fingerprint density at radius 1 is 1.08 bits per heavy atom. The lowest BCUT2D eigenvalue weighted by Crippen LogP contribution is -2.26. The zero-order chi connectivity index (χ0) is 18.7. The van der Waals surface area contributed by atoms with Crippen LogP contribution in [0.15, 0.2) is 46.9 Å². The van der Waals surface area contributed by atoms with Crippen molar-refractivity contribution in [3.8, 4) is 11.5 Å². The Bertz CT molecular complexity index is 929. The Morgan fingerprint density at radius 3 is 2.50 bits per heavy atom. The van der Waals surface area contributed by atoms with E-state index in [9.17, 15) is 4.79 Å². The van der Waals surface area contributed by atoms with Crippen LogP contribution in [-0.2, 0) is 13.0 Å². The fraction of sp³-hybridized carbons (Fsp3) is 0.286. The van der Waals surface area contributed by atoms with Crippen LogP contribution in [0, 0.1) is 0 Å². The first-order valence-corrected chi connectivity index (χ1v) is 8.55. The van der Waals surface area contributed by atoms with E-state index in [1.54, 1.807) is 44.4 Å². The van der Waals surface area contributed by atoms with Crippen LogP contribution in [0.1, 0.15) is 28.6 Å². The van der Waals surface area contributed by atoms with Crippen LogP contribution in [0.2, 0.25) is 0 Å². The highest BCUT2D eigenvalue weighted by Crippen LogP contribution is 2.30. The SMILES string of the molecule is CCc1oc2ccccc2c1CN(C)C(=O)c1ccc(OC)c(OC)c1. The van der Waals surface area contributed by atoms with E-state index in [2.05, 4.69) is 6.92 Å². The van der Waals surface area contributed by atoms with E-state index < -0.39 is 0 Å². The summed E-state index contributed by atoms with van der Waals surface area (Å²) in [7, 11) is 4.92. The molecule has 0 aliphatic rings. The molecule has 3 rings (SSSR count). The van der Waals surface area contributed by atoms with E-state index in [0.717, 1.165) is 28.7 Å². The molecule has 0 spiro atoms. The number of methoxy groups -OCH3 is 2. The molecule has 0 unspecified atom stereocenters. The van der Waals surface area contributed by atoms with E-state index in [0.29, 0.717) is 23.6 Å². The number of hydrogen-bond donors (Lipinski definition) is 0. The Labute approximate surface area is 153 Å². The standard InChI is InChI=1S/C21H23NO4/c1-5-17-16(15-8-6-7-9-18(15)26-17)13-22(2)21(23)14-10-11-19(24-3)20(12-14)25-4/h6-12H,5,13H2,1-4H3. The molecule has 26 heavy (non-hydrogen) atoms. The van der Waals surface area contributed by atoms with Gasteiger partial charge >= 0.3 is 0 Å². The molecule has 0 aliphatic heterocycles. The van der Waals surface area contributed by atoms with Gasteiger partial charge in [-0.3, -0.25) is 4.79 Å². The van der Waals surface area contributed by atoms with E-state index in [4.69, 9.17) is 13.9 Å². The van der Waals surface area contributed by atoms with Gasteiger partial charge in [-0.15, -0.1) is 0 Å². The van der Waals surface area contributed by atoms with E-state index in [-0.39, 0.29) is 5.91 Å². The van der Waals surface area contributed by atoms with Crippen LogP contribution in [0.5, 0.6) is 11.5 Å². The van der Waals surface area contributed by atoms with Crippen LogP contribution in [0.3, 0.4) is 0 Å². The summed E-state index contributed by atoms with van der Waals surface area (Å²) >= 11 is 0. The summed E-state index contributed by atoms with van der Waals surface area (Å²) in [5.74, 6) is 1.96. The lowest BCUT2D eigenvalue weighted by molar-refractivity contribution is 0.0784. The predicted molar refractivity (Wildman–Crippen MR) is 101 cm³/mol. The molecule has 5 heteroatoms. The molecule has 0 saturated heterocycles. The van der Waals surface area contributed by atoms with Crippen LogP contribution < -0.4 is 9.47 Å². The lowest BCUT2D eigenvalue weighted by atomic mass is 10.1. The molecule has 2 aromatic carbocycles. The van der Waals surface area contributed by atoms with Gasteiger partial charge in [0.25, 0.3) is 5.91 Å². The molecular weight excluding hydrogens is 330 g/mol. The topological polar surface area (TPSA) is 51.9 Å². The second kappa shape index (κ2) is 7.52. The molecule has 1 aromatic heterocycles. The van der Waals surface area contributed by atoms with Gasteiger partial charge in [0.05, 0.1) is 14.2 Å². The van der Waals surface area contributed by atoms with E-state index in [1.165, 1.54) is 0 Å². The second-order valence-electron chi connectivity index (χ2n) is 6.08. The molecule has 3 aromatic rings. The van der Waals surface area contributed by atoms with Crippen LogP contribution >= 0.6 is 0 Å². The highest BCUT2D eigenvalue weighted by Gasteiger charge is 2.19. The quantitative estimate of drug-likeness (QED) is 0.663. The number of ether oxygens (including phenoxy) is 2. The van der Waals surface area contributed by atoms with Crippen molar-refractivity contribution in [1.29, 1.82) is 0 Å². The normalized spacial score (nSPS) is 10.8. The number of benzene rings is 2. The number of fused-ring (bicyclic) bond motifs is 1. The van der Waals surface area contributed by atoms with Gasteiger partial charge in [0.2, 0.25) is 0 Å². The predicted octanol–water partition coefficient (Wildman–Crippen LogP) is 4.28. The molecule has 1 amide bonds. The minimum Gasteiger partial charge on any atom is -0.493 e. The summed E-state index contributed by atoms with van der Waals surface area (Å²) in [5.41, 5.74) is 2.46. The summed E-state index contributed by atoms with van der Waals surface area (Å²) in [4.78, 5) is 14.6. The molecule has 0 radical (unpaired) electrons. The first-order chi connectivity index (χ1) is 12.6. The average Bonchev–Trinajstić information content (AvgIpc) is 3.04. The Morgan fingerprint density at radius 2 is 1.81 bits per heavy atom. The average molecular weight is 353 g/mol. The van der Waals surface area contributed by atoms with Gasteiger partial charge in [-0.25, -0.2) is 0 Å². The first kappa shape index (κ1) is 17.9. The molecule has 1 heterocycles. The maximum absolute atomic E-state index is 12.9. The van der Waals surface area contributed by atoms with Crippen molar-refractivity contribution in [2.24, 2.45) is 0 Å². The fourth-order valence-electron chi connectivity index (χ4n) is 3.11. The van der Waals surface area contributed by atoms with Crippen molar-refractivity contribution in [2.75, 3.05) is 21.3 Å². The number of para-hydroxylation sites is 1. The minimum atomic E-state index is -0.0849. The third kappa shape index (κ3) is 3.25. The molecule has 0 bridgehead atoms. The number of nitrogens with zero attached hydrogens (tertiary/aromatic N) is 1. The van der Waals surface area contributed by atoms with E-state index >= 15 is 0 Å². The zero-order valence-electron chi connectivity index (χ0n) is 15.5. The second-order valence-corrected chi connectivity index (χ2v) is 6.08. The fourth-order valence-corrected chi connectivity index (χ4v) is 3.11. The summed E-state index contributed by atoms with van der Waals surface area (Å²) in [5, 5.41) is 1.05. The number of carbonyl (C=O) groups excluding carboxylic acids is 1. The van der Waals surface area contributed by atoms with Gasteiger partial charge in [0, 0.05) is 36.5 Å². The van der Waals surface area contributed by atoms with Crippen molar-refractivity contribution in [3.63, 3.8) is 0 Å². The van der Waals surface area contributed by atoms with Crippen molar-refractivity contribution in [2.45, 2.75) is 19.9 Å². The Balaban J connectivity index is 1.88. The number of aryl methyl sites for hydroxylation is 1. The Kier molecular flexibility index (Phi) is 5.16. The summed E-state index contributed by atoms with van der Waals surface area (Å²) in [6, 6.07) is 13.1. The number of hydrogen-bond acceptors (Lipinski definition) is 4. The van der Waals surface area contributed by atoms with Crippen LogP contribution in [0.4, 0.5) is 0 Å². The molecule has 0 N–H and O–H groups in total. The van der Waals surface area contributed by atoms with Gasteiger partial charge in [-0.1, -0.05) is 25.1 Å². The van der Waals surface area contributed by atoms with Crippen molar-refractivity contribution in [1.82, 2.24) is 4.90 Å². The van der Waals surface area contributed by atoms with Gasteiger partial charge in [-0.05, 0) is 24.3 Å². The third-order valence-corrected chi connectivity index (χ3v) is 4.48. The van der Waals surface area contributed by atoms with Gasteiger partial charge in [-0.2, -0.15) is 0 Å². The maximum Gasteiger partial charge on any atom is 0.254 e. The summed E-state index contributed by atoms with van der Waals surface area (Å²) < 4.78 is 16.5. The van der Waals surface area contributed by atoms with Crippen molar-refractivity contribution in [3.05, 3.63) is 59.4 Å². The van der Waals surface area contributed by atoms with Gasteiger partial charge in [0.1, 0.15) is 11.3 Å². The molecule has 5 nitrogen and oxygen atoms in total. The molecule has 0 fully saturated rings. The van der Waals surface area contributed by atoms with E-state index in [1.807, 2.05) is 24.3 Å². The molecular formula is C21H23NO4. The number of rotatable bonds is 6. The summed E-state index contributed by atoms with van der Waals surface area (Å²) in [6.45, 7) is 2.53. The highest BCUT2D eigenvalue weighted by molar-refractivity contribution is 5.95. The minimum absolute atomic E-state index is 0.0849. The van der Waals surface area contributed by atoms with Gasteiger partial charge in [0.15, 0.2) is 11.5 Å². The monoisotopic (exact) mass is 353 g/mol. The zero-order valence-corrected chi connectivity index (χ0v) is 15.5. The first-order valence-electron chi connectivity index (χ1n) is 8.55. The van der Waals surface area contributed by atoms with Crippen molar-refractivity contribution < 1.29 is 18.7 Å². The lowest BCUT2D eigenvalue weighted by Gasteiger charge is -2.18. The molecule has 0 aliphatic carbocycles. The third-order valence-electron chi connectivity index (χ3n) is 4.48. The van der Waals surface area contributed by atoms with Crippen LogP contribution in [0.25, 0.3) is 11.0 Å². The van der Waals surface area contributed by atoms with Gasteiger partial charge < -0.3 is 18.8 Å². The number of carbonyl (C=O) groups is 1.